The summed E-state index contributed by atoms with van der Waals surface area (Å²) in [5, 5.41) is 1.39. The molecule has 1 heterocycles. The zero-order valence-corrected chi connectivity index (χ0v) is 12.4. The first-order valence-electron chi connectivity index (χ1n) is 6.23. The van der Waals surface area contributed by atoms with Gasteiger partial charge in [-0.15, -0.1) is 0 Å². The number of H-pyrrole nitrogens is 1. The maximum absolute atomic E-state index is 10.9. The summed E-state index contributed by atoms with van der Waals surface area (Å²) in [5.74, 6) is 0. The van der Waals surface area contributed by atoms with Gasteiger partial charge in [-0.1, -0.05) is 60.8 Å². The van der Waals surface area contributed by atoms with Crippen molar-refractivity contribution in [3.63, 3.8) is 0 Å². The number of aromatic nitrogens is 2. The Labute approximate surface area is 105 Å². The molecule has 0 fully saturated rings. The van der Waals surface area contributed by atoms with Gasteiger partial charge in [-0.05, 0) is 6.08 Å². The molecule has 1 aromatic rings. The topological polar surface area (TPSA) is 37.8 Å². The van der Waals surface area contributed by atoms with E-state index in [1.54, 1.807) is 19.2 Å². The maximum Gasteiger partial charge on any atom is 0.326 e. The molecule has 0 saturated carbocycles. The normalized spacial score (nSPS) is 8.76. The van der Waals surface area contributed by atoms with Gasteiger partial charge in [0, 0.05) is 7.05 Å². The largest absolute Gasteiger partial charge is 0.326 e. The van der Waals surface area contributed by atoms with Crippen LogP contribution in [-0.2, 0) is 7.05 Å². The van der Waals surface area contributed by atoms with Crippen LogP contribution >= 0.6 is 0 Å². The number of allylic oxidation sites excluding steroid dienone is 1. The lowest BCUT2D eigenvalue weighted by molar-refractivity contribution is 0.836. The fourth-order valence-electron chi connectivity index (χ4n) is 0.913. The van der Waals surface area contributed by atoms with Crippen LogP contribution in [0.1, 0.15) is 41.5 Å². The highest BCUT2D eigenvalue weighted by molar-refractivity contribution is 5.32. The van der Waals surface area contributed by atoms with Gasteiger partial charge in [-0.2, -0.15) is 0 Å². The molecule has 3 nitrogen and oxygen atoms in total. The van der Waals surface area contributed by atoms with Gasteiger partial charge >= 0.3 is 5.69 Å². The van der Waals surface area contributed by atoms with E-state index in [4.69, 9.17) is 0 Å². The van der Waals surface area contributed by atoms with Crippen molar-refractivity contribution in [2.45, 2.75) is 41.5 Å². The van der Waals surface area contributed by atoms with Crippen LogP contribution in [0, 0.1) is 0 Å². The molecule has 0 radical (unpaired) electrons. The van der Waals surface area contributed by atoms with Crippen molar-refractivity contribution < 1.29 is 0 Å². The number of hydrogen-bond acceptors (Lipinski definition) is 1. The molecule has 3 heteroatoms. The molecular weight excluding hydrogens is 212 g/mol. The standard InChI is InChI=1S/C8H10N2O.3C2H6/c1-4-5-7-6(2)9-8(11)10(7)3;3*1-2/h4-5H,1-2H2,3H3,(H,9,11);3*1-2H3/b7-5+;;;. The summed E-state index contributed by atoms with van der Waals surface area (Å²) < 4.78 is 1.49. The predicted molar refractivity (Wildman–Crippen MR) is 79.5 cm³/mol. The highest BCUT2D eigenvalue weighted by Crippen LogP contribution is 1.61. The zero-order valence-electron chi connectivity index (χ0n) is 12.4. The van der Waals surface area contributed by atoms with Crippen LogP contribution in [0.15, 0.2) is 17.4 Å². The Kier molecular flexibility index (Phi) is 17.8. The average Bonchev–Trinajstić information content (AvgIpc) is 2.64. The second-order valence-corrected chi connectivity index (χ2v) is 2.26. The zero-order chi connectivity index (χ0) is 14.4. The van der Waals surface area contributed by atoms with Crippen molar-refractivity contribution in [2.75, 3.05) is 0 Å². The number of rotatable bonds is 1. The Morgan fingerprint density at radius 2 is 1.53 bits per heavy atom. The molecule has 0 aromatic carbocycles. The Morgan fingerprint density at radius 1 is 1.12 bits per heavy atom. The van der Waals surface area contributed by atoms with Crippen molar-refractivity contribution in [3.05, 3.63) is 33.8 Å². The summed E-state index contributed by atoms with van der Waals surface area (Å²) in [6.45, 7) is 19.2. The molecule has 0 saturated heterocycles. The van der Waals surface area contributed by atoms with Crippen molar-refractivity contribution >= 4 is 12.7 Å². The Morgan fingerprint density at radius 3 is 1.76 bits per heavy atom. The third-order valence-electron chi connectivity index (χ3n) is 1.51. The molecule has 0 unspecified atom stereocenters. The Bertz CT molecular complexity index is 424. The van der Waals surface area contributed by atoms with E-state index in [9.17, 15) is 4.79 Å². The van der Waals surface area contributed by atoms with Gasteiger partial charge in [0.15, 0.2) is 0 Å². The second-order valence-electron chi connectivity index (χ2n) is 2.26. The SMILES string of the molecule is C=C/C=c1\c(=C)[nH]c(=O)n1C.CC.CC.CC. The minimum absolute atomic E-state index is 0.150. The predicted octanol–water partition coefficient (Wildman–Crippen LogP) is 2.17. The van der Waals surface area contributed by atoms with E-state index in [-0.39, 0.29) is 5.69 Å². The first-order chi connectivity index (χ1) is 8.16. The van der Waals surface area contributed by atoms with Crippen molar-refractivity contribution in [1.29, 1.82) is 0 Å². The highest BCUT2D eigenvalue weighted by Gasteiger charge is 1.92. The van der Waals surface area contributed by atoms with Crippen LogP contribution in [0.4, 0.5) is 0 Å². The summed E-state index contributed by atoms with van der Waals surface area (Å²) in [5.41, 5.74) is -0.150. The molecule has 0 bridgehead atoms. The van der Waals surface area contributed by atoms with E-state index >= 15 is 0 Å². The van der Waals surface area contributed by atoms with E-state index in [1.807, 2.05) is 41.5 Å². The molecule has 1 N–H and O–H groups in total. The monoisotopic (exact) mass is 240 g/mol. The average molecular weight is 240 g/mol. The molecule has 0 aliphatic heterocycles. The minimum atomic E-state index is -0.150. The molecule has 100 valence electrons. The third-order valence-corrected chi connectivity index (χ3v) is 1.51. The van der Waals surface area contributed by atoms with Crippen LogP contribution in [0.2, 0.25) is 0 Å². The first-order valence-corrected chi connectivity index (χ1v) is 6.23. The van der Waals surface area contributed by atoms with E-state index < -0.39 is 0 Å². The maximum atomic E-state index is 10.9. The van der Waals surface area contributed by atoms with Crippen LogP contribution in [-0.4, -0.2) is 9.55 Å². The summed E-state index contributed by atoms with van der Waals surface area (Å²) in [7, 11) is 1.68. The smallest absolute Gasteiger partial charge is 0.306 e. The number of nitrogens with zero attached hydrogens (tertiary/aromatic N) is 1. The third kappa shape index (κ3) is 7.39. The van der Waals surface area contributed by atoms with Gasteiger partial charge in [0.25, 0.3) is 0 Å². The lowest BCUT2D eigenvalue weighted by Gasteiger charge is -1.83. The molecular formula is C14H28N2O. The van der Waals surface area contributed by atoms with Crippen LogP contribution < -0.4 is 16.4 Å². The minimum Gasteiger partial charge on any atom is -0.306 e. The van der Waals surface area contributed by atoms with Gasteiger partial charge < -0.3 is 4.98 Å². The van der Waals surface area contributed by atoms with Gasteiger partial charge in [-0.25, -0.2) is 4.79 Å². The summed E-state index contributed by atoms with van der Waals surface area (Å²) in [6.07, 6.45) is 3.36. The highest BCUT2D eigenvalue weighted by atomic mass is 16.1. The van der Waals surface area contributed by atoms with E-state index in [2.05, 4.69) is 18.1 Å². The molecule has 0 atom stereocenters. The Balaban J connectivity index is -0.000000285. The number of imidazole rings is 1. The fraction of sp³-hybridized carbons (Fsp3) is 0.500. The molecule has 0 amide bonds. The number of nitrogens with one attached hydrogen (secondary N) is 1. The lowest BCUT2D eigenvalue weighted by Crippen LogP contribution is -2.28. The summed E-state index contributed by atoms with van der Waals surface area (Å²) >= 11 is 0. The van der Waals surface area contributed by atoms with E-state index in [1.165, 1.54) is 4.57 Å². The van der Waals surface area contributed by atoms with Gasteiger partial charge in [0.05, 0.1) is 10.7 Å². The molecule has 17 heavy (non-hydrogen) atoms. The van der Waals surface area contributed by atoms with Crippen LogP contribution in [0.3, 0.4) is 0 Å². The quantitative estimate of drug-likeness (QED) is 0.802. The van der Waals surface area contributed by atoms with Gasteiger partial charge in [0.1, 0.15) is 0 Å². The van der Waals surface area contributed by atoms with Crippen LogP contribution in [0.25, 0.3) is 12.7 Å². The molecule has 0 spiro atoms. The van der Waals surface area contributed by atoms with Gasteiger partial charge in [0.2, 0.25) is 0 Å². The van der Waals surface area contributed by atoms with Crippen molar-refractivity contribution in [3.8, 4) is 0 Å². The van der Waals surface area contributed by atoms with E-state index in [0.717, 1.165) is 5.35 Å². The Hall–Kier alpha value is -1.51. The van der Waals surface area contributed by atoms with Crippen molar-refractivity contribution in [1.82, 2.24) is 9.55 Å². The molecule has 0 aliphatic carbocycles. The van der Waals surface area contributed by atoms with Crippen molar-refractivity contribution in [2.24, 2.45) is 7.05 Å². The molecule has 0 aliphatic rings. The first kappa shape index (κ1) is 20.8. The lowest BCUT2D eigenvalue weighted by atomic mass is 10.5. The molecule has 1 rings (SSSR count). The second kappa shape index (κ2) is 14.5. The summed E-state index contributed by atoms with van der Waals surface area (Å²) in [6, 6.07) is 0. The molecule has 1 aromatic heterocycles. The summed E-state index contributed by atoms with van der Waals surface area (Å²) in [4.78, 5) is 13.5. The number of aromatic amines is 1. The van der Waals surface area contributed by atoms with Crippen LogP contribution in [0.5, 0.6) is 0 Å². The van der Waals surface area contributed by atoms with Gasteiger partial charge in [-0.3, -0.25) is 4.57 Å². The number of hydrogen-bond donors (Lipinski definition) is 1. The fourth-order valence-corrected chi connectivity index (χ4v) is 0.913. The van der Waals surface area contributed by atoms with E-state index in [0.29, 0.717) is 5.35 Å².